The second-order valence-corrected chi connectivity index (χ2v) is 11.8. The number of hydrogen-bond acceptors (Lipinski definition) is 8. The average molecular weight is 620 g/mol. The van der Waals surface area contributed by atoms with Crippen molar-refractivity contribution in [2.75, 3.05) is 25.8 Å². The van der Waals surface area contributed by atoms with E-state index in [0.717, 1.165) is 32.4 Å². The molecular formula is C34H29N5O3S2. The van der Waals surface area contributed by atoms with Gasteiger partial charge in [-0.15, -0.1) is 0 Å². The number of fused-ring (bicyclic) bond motifs is 1. The Morgan fingerprint density at radius 3 is 2.18 bits per heavy atom. The summed E-state index contributed by atoms with van der Waals surface area (Å²) >= 11 is 2.97. The summed E-state index contributed by atoms with van der Waals surface area (Å²) in [7, 11) is 0. The molecule has 1 unspecified atom stereocenters. The van der Waals surface area contributed by atoms with Crippen LogP contribution in [-0.4, -0.2) is 17.9 Å². The molecule has 6 N–H and O–H groups in total. The monoisotopic (exact) mass is 619 g/mol. The number of nitrogens with one attached hydrogen (secondary N) is 4. The number of ether oxygens (including phenoxy) is 1. The molecule has 0 radical (unpaired) electrons. The maximum atomic E-state index is 13.0. The van der Waals surface area contributed by atoms with Gasteiger partial charge in [0.2, 0.25) is 0 Å². The normalized spacial score (nSPS) is 13.6. The number of carbonyl (C=O) groups excluding carboxylic acids is 2. The van der Waals surface area contributed by atoms with E-state index in [4.69, 9.17) is 10.5 Å². The molecule has 1 aliphatic heterocycles. The van der Waals surface area contributed by atoms with Crippen LogP contribution in [0.1, 0.15) is 15.9 Å². The van der Waals surface area contributed by atoms with Gasteiger partial charge in [0.05, 0.1) is 5.69 Å². The van der Waals surface area contributed by atoms with E-state index < -0.39 is 6.10 Å². The molecule has 5 aromatic rings. The zero-order valence-electron chi connectivity index (χ0n) is 23.5. The summed E-state index contributed by atoms with van der Waals surface area (Å²) in [6.07, 6.45) is -0.306. The number of para-hydroxylation sites is 1. The van der Waals surface area contributed by atoms with Crippen molar-refractivity contribution in [3.63, 3.8) is 0 Å². The molecule has 0 fully saturated rings. The van der Waals surface area contributed by atoms with Crippen LogP contribution < -0.4 is 30.5 Å². The van der Waals surface area contributed by atoms with Gasteiger partial charge in [0.1, 0.15) is 5.75 Å². The van der Waals surface area contributed by atoms with Crippen molar-refractivity contribution in [1.82, 2.24) is 0 Å². The second-order valence-electron chi connectivity index (χ2n) is 10.0. The van der Waals surface area contributed by atoms with E-state index in [2.05, 4.69) is 20.1 Å². The van der Waals surface area contributed by atoms with Gasteiger partial charge in [-0.1, -0.05) is 30.3 Å². The number of benzene rings is 5. The third kappa shape index (κ3) is 7.47. The SMILES string of the molecule is Nc1ccc(SNc2cccc(CC3Oc4ccc(C(=O)Nc5ccc(SNc6ccccc6)cc5)cc4NC3=O)c2)cc1. The maximum absolute atomic E-state index is 13.0. The summed E-state index contributed by atoms with van der Waals surface area (Å²) in [5.41, 5.74) is 10.9. The number of anilines is 5. The van der Waals surface area contributed by atoms with Crippen molar-refractivity contribution in [2.45, 2.75) is 22.3 Å². The highest BCUT2D eigenvalue weighted by atomic mass is 32.2. The predicted molar refractivity (Wildman–Crippen MR) is 180 cm³/mol. The lowest BCUT2D eigenvalue weighted by Crippen LogP contribution is -2.38. The summed E-state index contributed by atoms with van der Waals surface area (Å²) in [4.78, 5) is 28.0. The molecule has 8 nitrogen and oxygen atoms in total. The number of amides is 2. The lowest BCUT2D eigenvalue weighted by Gasteiger charge is -2.26. The topological polar surface area (TPSA) is 118 Å². The van der Waals surface area contributed by atoms with Crippen molar-refractivity contribution in [3.8, 4) is 5.75 Å². The van der Waals surface area contributed by atoms with Gasteiger partial charge in [-0.25, -0.2) is 0 Å². The number of hydrogen-bond donors (Lipinski definition) is 5. The molecule has 6 rings (SSSR count). The van der Waals surface area contributed by atoms with E-state index in [1.807, 2.05) is 103 Å². The molecule has 10 heteroatoms. The smallest absolute Gasteiger partial charge is 0.265 e. The molecule has 1 aliphatic rings. The van der Waals surface area contributed by atoms with Gasteiger partial charge >= 0.3 is 0 Å². The molecule has 220 valence electrons. The Morgan fingerprint density at radius 1 is 0.750 bits per heavy atom. The van der Waals surface area contributed by atoms with Crippen LogP contribution in [0.25, 0.3) is 0 Å². The minimum absolute atomic E-state index is 0.262. The minimum Gasteiger partial charge on any atom is -0.478 e. The Balaban J connectivity index is 1.04. The lowest BCUT2D eigenvalue weighted by atomic mass is 10.0. The molecule has 1 heterocycles. The van der Waals surface area contributed by atoms with E-state index in [9.17, 15) is 9.59 Å². The fraction of sp³-hybridized carbons (Fsp3) is 0.0588. The summed E-state index contributed by atoms with van der Waals surface area (Å²) in [5.74, 6) is -0.0263. The van der Waals surface area contributed by atoms with Crippen LogP contribution in [0.4, 0.5) is 28.4 Å². The van der Waals surface area contributed by atoms with Gasteiger partial charge in [-0.2, -0.15) is 0 Å². The third-order valence-electron chi connectivity index (χ3n) is 6.75. The highest BCUT2D eigenvalue weighted by Crippen LogP contribution is 2.32. The molecule has 0 saturated carbocycles. The Labute approximate surface area is 264 Å². The van der Waals surface area contributed by atoms with Crippen molar-refractivity contribution in [3.05, 3.63) is 132 Å². The molecule has 0 aromatic heterocycles. The standard InChI is InChI=1S/C34H29N5O3S2/c35-24-10-14-28(15-11-24)44-39-27-8-4-5-22(19-27)20-32-34(41)37-30-21-23(9-18-31(30)42-32)33(40)36-25-12-16-29(17-13-25)43-38-26-6-2-1-3-7-26/h1-19,21,32,38-39H,20,35H2,(H,36,40)(H,37,41). The van der Waals surface area contributed by atoms with Crippen molar-refractivity contribution in [1.29, 1.82) is 0 Å². The maximum Gasteiger partial charge on any atom is 0.265 e. The molecule has 0 saturated heterocycles. The quantitative estimate of drug-likeness (QED) is 0.0798. The summed E-state index contributed by atoms with van der Waals surface area (Å²) in [6, 6.07) is 38.0. The first kappa shape index (κ1) is 29.0. The predicted octanol–water partition coefficient (Wildman–Crippen LogP) is 7.70. The zero-order valence-corrected chi connectivity index (χ0v) is 25.1. The van der Waals surface area contributed by atoms with Crippen LogP contribution >= 0.6 is 23.9 Å². The summed E-state index contributed by atoms with van der Waals surface area (Å²) < 4.78 is 12.7. The highest BCUT2D eigenvalue weighted by molar-refractivity contribution is 8.00. The van der Waals surface area contributed by atoms with Crippen LogP contribution in [0.3, 0.4) is 0 Å². The number of nitrogens with two attached hydrogens (primary N) is 1. The first-order valence-corrected chi connectivity index (χ1v) is 15.5. The number of rotatable bonds is 10. The molecule has 5 aromatic carbocycles. The molecule has 44 heavy (non-hydrogen) atoms. The van der Waals surface area contributed by atoms with Crippen LogP contribution in [0.2, 0.25) is 0 Å². The van der Waals surface area contributed by atoms with Gasteiger partial charge in [0, 0.05) is 44.5 Å². The van der Waals surface area contributed by atoms with E-state index in [1.165, 1.54) is 23.9 Å². The van der Waals surface area contributed by atoms with Gasteiger partial charge in [-0.05, 0) is 120 Å². The van der Waals surface area contributed by atoms with Gasteiger partial charge in [0.15, 0.2) is 6.10 Å². The lowest BCUT2D eigenvalue weighted by molar-refractivity contribution is -0.123. The van der Waals surface area contributed by atoms with Crippen LogP contribution in [0, 0.1) is 0 Å². The number of nitrogen functional groups attached to an aromatic ring is 1. The molecule has 1 atom stereocenters. The summed E-state index contributed by atoms with van der Waals surface area (Å²) in [5, 5.41) is 5.82. The highest BCUT2D eigenvalue weighted by Gasteiger charge is 2.28. The van der Waals surface area contributed by atoms with Crippen molar-refractivity contribution < 1.29 is 14.3 Å². The molecule has 0 aliphatic carbocycles. The Hall–Kier alpha value is -5.06. The van der Waals surface area contributed by atoms with E-state index in [-0.39, 0.29) is 11.8 Å². The second kappa shape index (κ2) is 13.5. The fourth-order valence-electron chi connectivity index (χ4n) is 4.49. The fourth-order valence-corrected chi connectivity index (χ4v) is 5.77. The molecular weight excluding hydrogens is 591 g/mol. The zero-order chi connectivity index (χ0) is 30.3. The summed E-state index contributed by atoms with van der Waals surface area (Å²) in [6.45, 7) is 0. The molecule has 0 spiro atoms. The average Bonchev–Trinajstić information content (AvgIpc) is 3.05. The molecule has 0 bridgehead atoms. The van der Waals surface area contributed by atoms with E-state index in [0.29, 0.717) is 29.1 Å². The van der Waals surface area contributed by atoms with Gasteiger partial charge in [0.25, 0.3) is 11.8 Å². The Morgan fingerprint density at radius 2 is 1.43 bits per heavy atom. The van der Waals surface area contributed by atoms with Crippen molar-refractivity contribution in [2.24, 2.45) is 0 Å². The van der Waals surface area contributed by atoms with Crippen LogP contribution in [0.5, 0.6) is 5.75 Å². The number of carbonyl (C=O) groups is 2. The first-order valence-electron chi connectivity index (χ1n) is 13.9. The van der Waals surface area contributed by atoms with Gasteiger partial charge < -0.3 is 30.5 Å². The molecule has 2 amide bonds. The van der Waals surface area contributed by atoms with Crippen molar-refractivity contribution >= 4 is 64.1 Å². The van der Waals surface area contributed by atoms with Gasteiger partial charge in [-0.3, -0.25) is 9.59 Å². The Bertz CT molecular complexity index is 1770. The van der Waals surface area contributed by atoms with Crippen LogP contribution in [0.15, 0.2) is 131 Å². The minimum atomic E-state index is -0.699. The third-order valence-corrected chi connectivity index (χ3v) is 8.44. The van der Waals surface area contributed by atoms with Crippen LogP contribution in [-0.2, 0) is 11.2 Å². The Kier molecular flexibility index (Phi) is 8.90. The van der Waals surface area contributed by atoms with E-state index >= 15 is 0 Å². The first-order chi connectivity index (χ1) is 21.5. The largest absolute Gasteiger partial charge is 0.478 e. The van der Waals surface area contributed by atoms with E-state index in [1.54, 1.807) is 18.2 Å².